The lowest BCUT2D eigenvalue weighted by Crippen LogP contribution is -2.08. The Morgan fingerprint density at radius 2 is 1.85 bits per heavy atom. The zero-order chi connectivity index (χ0) is 13.9. The molecule has 0 fully saturated rings. The molecule has 20 heavy (non-hydrogen) atoms. The number of hydrogen-bond donors (Lipinski definition) is 0. The number of pyridine rings is 1. The van der Waals surface area contributed by atoms with Crippen molar-refractivity contribution < 1.29 is 9.53 Å². The molecule has 5 heteroatoms. The fraction of sp³-hybridized carbons (Fsp3) is 0.0667. The van der Waals surface area contributed by atoms with Crippen LogP contribution in [0.3, 0.4) is 0 Å². The summed E-state index contributed by atoms with van der Waals surface area (Å²) in [6, 6.07) is 9.07. The maximum atomic E-state index is 12.6. The monoisotopic (exact) mass is 265 g/mol. The summed E-state index contributed by atoms with van der Waals surface area (Å²) in [6.45, 7) is 0. The molecule has 0 saturated carbocycles. The van der Waals surface area contributed by atoms with Gasteiger partial charge in [0.25, 0.3) is 0 Å². The van der Waals surface area contributed by atoms with Crippen LogP contribution < -0.4 is 4.74 Å². The summed E-state index contributed by atoms with van der Waals surface area (Å²) in [6.07, 6.45) is 4.65. The summed E-state index contributed by atoms with van der Waals surface area (Å²) in [4.78, 5) is 24.9. The van der Waals surface area contributed by atoms with Crippen LogP contribution in [-0.4, -0.2) is 27.8 Å². The molecule has 0 amide bonds. The summed E-state index contributed by atoms with van der Waals surface area (Å²) in [5.41, 5.74) is 1.50. The minimum absolute atomic E-state index is 0.200. The van der Waals surface area contributed by atoms with Crippen LogP contribution in [0.25, 0.3) is 10.9 Å². The molecule has 3 aromatic rings. The molecule has 3 rings (SSSR count). The number of carbonyl (C=O) groups is 1. The molecule has 1 aromatic carbocycles. The Kier molecular flexibility index (Phi) is 3.09. The van der Waals surface area contributed by atoms with Gasteiger partial charge in [0.15, 0.2) is 5.69 Å². The summed E-state index contributed by atoms with van der Waals surface area (Å²) >= 11 is 0. The van der Waals surface area contributed by atoms with Crippen molar-refractivity contribution >= 4 is 16.7 Å². The Labute approximate surface area is 115 Å². The number of aromatic nitrogens is 3. The predicted octanol–water partition coefficient (Wildman–Crippen LogP) is 2.26. The van der Waals surface area contributed by atoms with E-state index >= 15 is 0 Å². The standard InChI is InChI=1S/C15H11N3O2/c1-20-15-13(17-8-9-18-15)14(19)11-4-2-6-12-10(11)5-3-7-16-12/h2-9H,1H3. The van der Waals surface area contributed by atoms with Gasteiger partial charge in [-0.3, -0.25) is 9.78 Å². The summed E-state index contributed by atoms with van der Waals surface area (Å²) in [5, 5.41) is 0.785. The number of ether oxygens (including phenoxy) is 1. The van der Waals surface area contributed by atoms with Crippen molar-refractivity contribution in [2.75, 3.05) is 7.11 Å². The molecule has 0 aliphatic carbocycles. The van der Waals surface area contributed by atoms with Gasteiger partial charge < -0.3 is 4.74 Å². The van der Waals surface area contributed by atoms with Crippen molar-refractivity contribution in [3.05, 3.63) is 60.2 Å². The van der Waals surface area contributed by atoms with Crippen molar-refractivity contribution in [1.82, 2.24) is 15.0 Å². The topological polar surface area (TPSA) is 65.0 Å². The van der Waals surface area contributed by atoms with Crippen LogP contribution in [0.1, 0.15) is 16.1 Å². The molecular formula is C15H11N3O2. The van der Waals surface area contributed by atoms with Crippen molar-refractivity contribution in [3.8, 4) is 5.88 Å². The van der Waals surface area contributed by atoms with Gasteiger partial charge in [-0.1, -0.05) is 18.2 Å². The average molecular weight is 265 g/mol. The van der Waals surface area contributed by atoms with E-state index in [-0.39, 0.29) is 17.4 Å². The fourth-order valence-corrected chi connectivity index (χ4v) is 2.06. The predicted molar refractivity (Wildman–Crippen MR) is 73.8 cm³/mol. The van der Waals surface area contributed by atoms with Crippen LogP contribution in [0.2, 0.25) is 0 Å². The largest absolute Gasteiger partial charge is 0.479 e. The van der Waals surface area contributed by atoms with Crippen molar-refractivity contribution in [1.29, 1.82) is 0 Å². The second-order valence-electron chi connectivity index (χ2n) is 4.12. The molecule has 0 radical (unpaired) electrons. The molecule has 0 bridgehead atoms. The van der Waals surface area contributed by atoms with Gasteiger partial charge in [0, 0.05) is 29.5 Å². The Morgan fingerprint density at radius 1 is 1.00 bits per heavy atom. The minimum atomic E-state index is -0.228. The van der Waals surface area contributed by atoms with Gasteiger partial charge in [-0.15, -0.1) is 0 Å². The van der Waals surface area contributed by atoms with Crippen molar-refractivity contribution in [2.45, 2.75) is 0 Å². The SMILES string of the molecule is COc1nccnc1C(=O)c1cccc2ncccc12. The van der Waals surface area contributed by atoms with E-state index in [9.17, 15) is 4.79 Å². The van der Waals surface area contributed by atoms with E-state index in [0.717, 1.165) is 10.9 Å². The van der Waals surface area contributed by atoms with E-state index in [4.69, 9.17) is 4.74 Å². The smallest absolute Gasteiger partial charge is 0.243 e. The molecule has 0 saturated heterocycles. The highest BCUT2D eigenvalue weighted by molar-refractivity contribution is 6.15. The third-order valence-electron chi connectivity index (χ3n) is 2.96. The quantitative estimate of drug-likeness (QED) is 0.680. The van der Waals surface area contributed by atoms with E-state index in [1.807, 2.05) is 12.1 Å². The van der Waals surface area contributed by atoms with Gasteiger partial charge in [0.1, 0.15) is 0 Å². The van der Waals surface area contributed by atoms with E-state index in [1.165, 1.54) is 19.5 Å². The lowest BCUT2D eigenvalue weighted by molar-refractivity contribution is 0.103. The highest BCUT2D eigenvalue weighted by atomic mass is 16.5. The number of fused-ring (bicyclic) bond motifs is 1. The van der Waals surface area contributed by atoms with E-state index in [2.05, 4.69) is 15.0 Å². The van der Waals surface area contributed by atoms with Gasteiger partial charge in [-0.05, 0) is 12.1 Å². The van der Waals surface area contributed by atoms with Gasteiger partial charge in [0.2, 0.25) is 11.7 Å². The van der Waals surface area contributed by atoms with Gasteiger partial charge in [-0.2, -0.15) is 0 Å². The van der Waals surface area contributed by atoms with Crippen molar-refractivity contribution in [3.63, 3.8) is 0 Å². The summed E-state index contributed by atoms with van der Waals surface area (Å²) < 4.78 is 5.09. The van der Waals surface area contributed by atoms with Crippen LogP contribution in [-0.2, 0) is 0 Å². The Bertz CT molecular complexity index is 781. The molecule has 0 aliphatic rings. The highest BCUT2D eigenvalue weighted by Gasteiger charge is 2.19. The second kappa shape index (κ2) is 5.05. The first kappa shape index (κ1) is 12.2. The highest BCUT2D eigenvalue weighted by Crippen LogP contribution is 2.22. The van der Waals surface area contributed by atoms with Gasteiger partial charge >= 0.3 is 0 Å². The molecule has 98 valence electrons. The normalized spacial score (nSPS) is 10.4. The number of carbonyl (C=O) groups excluding carboxylic acids is 1. The Morgan fingerprint density at radius 3 is 2.70 bits per heavy atom. The summed E-state index contributed by atoms with van der Waals surface area (Å²) in [5.74, 6) is -0.00746. The van der Waals surface area contributed by atoms with Crippen LogP contribution in [0.5, 0.6) is 5.88 Å². The molecule has 0 spiro atoms. The molecular weight excluding hydrogens is 254 g/mol. The minimum Gasteiger partial charge on any atom is -0.479 e. The zero-order valence-corrected chi connectivity index (χ0v) is 10.8. The van der Waals surface area contributed by atoms with E-state index in [0.29, 0.717) is 5.56 Å². The molecule has 2 heterocycles. The first-order chi connectivity index (χ1) is 9.81. The molecule has 0 N–H and O–H groups in total. The van der Waals surface area contributed by atoms with E-state index in [1.54, 1.807) is 24.4 Å². The number of rotatable bonds is 3. The molecule has 5 nitrogen and oxygen atoms in total. The molecule has 2 aromatic heterocycles. The van der Waals surface area contributed by atoms with Gasteiger partial charge in [0.05, 0.1) is 12.6 Å². The fourth-order valence-electron chi connectivity index (χ4n) is 2.06. The van der Waals surface area contributed by atoms with Crippen LogP contribution in [0.4, 0.5) is 0 Å². The third kappa shape index (κ3) is 1.99. The first-order valence-electron chi connectivity index (χ1n) is 6.04. The summed E-state index contributed by atoms with van der Waals surface area (Å²) in [7, 11) is 1.46. The van der Waals surface area contributed by atoms with Crippen molar-refractivity contribution in [2.24, 2.45) is 0 Å². The first-order valence-corrected chi connectivity index (χ1v) is 6.04. The number of nitrogens with zero attached hydrogens (tertiary/aromatic N) is 3. The Balaban J connectivity index is 2.18. The number of hydrogen-bond acceptors (Lipinski definition) is 5. The number of methoxy groups -OCH3 is 1. The second-order valence-corrected chi connectivity index (χ2v) is 4.12. The van der Waals surface area contributed by atoms with Crippen LogP contribution in [0, 0.1) is 0 Å². The van der Waals surface area contributed by atoms with E-state index < -0.39 is 0 Å². The average Bonchev–Trinajstić information content (AvgIpc) is 2.53. The van der Waals surface area contributed by atoms with Crippen LogP contribution in [0.15, 0.2) is 48.9 Å². The lowest BCUT2D eigenvalue weighted by Gasteiger charge is -2.07. The molecule has 0 unspecified atom stereocenters. The number of ketones is 1. The molecule has 0 aliphatic heterocycles. The molecule has 0 atom stereocenters. The Hall–Kier alpha value is -2.82. The maximum Gasteiger partial charge on any atom is 0.243 e. The van der Waals surface area contributed by atoms with Gasteiger partial charge in [-0.25, -0.2) is 9.97 Å². The third-order valence-corrected chi connectivity index (χ3v) is 2.96. The zero-order valence-electron chi connectivity index (χ0n) is 10.8. The number of benzene rings is 1. The lowest BCUT2D eigenvalue weighted by atomic mass is 10.0. The van der Waals surface area contributed by atoms with Crippen LogP contribution >= 0.6 is 0 Å². The maximum absolute atomic E-state index is 12.6.